The van der Waals surface area contributed by atoms with Crippen molar-refractivity contribution in [3.05, 3.63) is 81.2 Å². The molecule has 8 heteroatoms. The lowest BCUT2D eigenvalue weighted by Gasteiger charge is -2.14. The van der Waals surface area contributed by atoms with Gasteiger partial charge in [-0.1, -0.05) is 95.7 Å². The number of nitrogens with zero attached hydrogens (tertiary/aromatic N) is 1. The number of amides is 2. The molecule has 1 heterocycles. The average molecular weight is 463 g/mol. The smallest absolute Gasteiger partial charge is 0.266 e. The van der Waals surface area contributed by atoms with E-state index in [-0.39, 0.29) is 29.8 Å². The van der Waals surface area contributed by atoms with Gasteiger partial charge < -0.3 is 5.32 Å². The van der Waals surface area contributed by atoms with E-state index in [4.69, 9.17) is 35.4 Å². The molecule has 1 fully saturated rings. The van der Waals surface area contributed by atoms with Crippen LogP contribution in [0.15, 0.2) is 65.6 Å². The van der Waals surface area contributed by atoms with Gasteiger partial charge in [-0.3, -0.25) is 14.5 Å². The van der Waals surface area contributed by atoms with E-state index in [1.54, 1.807) is 24.3 Å². The van der Waals surface area contributed by atoms with Crippen LogP contribution < -0.4 is 5.32 Å². The van der Waals surface area contributed by atoms with E-state index in [0.717, 1.165) is 5.56 Å². The SMILES string of the molecule is O=C(CCN1C(=O)C(=CC=Cc2ccccc2)SC1=S)Nc1cccc(Cl)c1Cl. The van der Waals surface area contributed by atoms with Crippen LogP contribution >= 0.6 is 47.2 Å². The number of benzene rings is 2. The van der Waals surface area contributed by atoms with Crippen LogP contribution in [0.25, 0.3) is 6.08 Å². The van der Waals surface area contributed by atoms with Crippen molar-refractivity contribution in [2.45, 2.75) is 6.42 Å². The monoisotopic (exact) mass is 462 g/mol. The fourth-order valence-electron chi connectivity index (χ4n) is 2.54. The quantitative estimate of drug-likeness (QED) is 0.436. The summed E-state index contributed by atoms with van der Waals surface area (Å²) >= 11 is 18.5. The molecule has 29 heavy (non-hydrogen) atoms. The normalized spacial score (nSPS) is 15.5. The maximum atomic E-state index is 12.6. The number of hydrogen-bond donors (Lipinski definition) is 1. The lowest BCUT2D eigenvalue weighted by molar-refractivity contribution is -0.122. The summed E-state index contributed by atoms with van der Waals surface area (Å²) in [5, 5.41) is 3.33. The Hall–Kier alpha value is -2.12. The molecule has 2 aromatic carbocycles. The Bertz CT molecular complexity index is 1010. The van der Waals surface area contributed by atoms with Gasteiger partial charge in [-0.05, 0) is 23.8 Å². The summed E-state index contributed by atoms with van der Waals surface area (Å²) in [7, 11) is 0. The van der Waals surface area contributed by atoms with Gasteiger partial charge in [0.25, 0.3) is 5.91 Å². The minimum Gasteiger partial charge on any atom is -0.325 e. The van der Waals surface area contributed by atoms with Crippen LogP contribution in [0.4, 0.5) is 5.69 Å². The summed E-state index contributed by atoms with van der Waals surface area (Å²) in [5.74, 6) is -0.484. The van der Waals surface area contributed by atoms with Crippen LogP contribution in [0.3, 0.4) is 0 Å². The number of hydrogen-bond acceptors (Lipinski definition) is 4. The van der Waals surface area contributed by atoms with Crippen LogP contribution in [0.2, 0.25) is 10.0 Å². The van der Waals surface area contributed by atoms with Crippen molar-refractivity contribution in [2.75, 3.05) is 11.9 Å². The van der Waals surface area contributed by atoms with Gasteiger partial charge >= 0.3 is 0 Å². The van der Waals surface area contributed by atoms with Crippen molar-refractivity contribution in [1.82, 2.24) is 4.90 Å². The van der Waals surface area contributed by atoms with Crippen molar-refractivity contribution >= 4 is 75.1 Å². The van der Waals surface area contributed by atoms with Gasteiger partial charge in [0.15, 0.2) is 0 Å². The number of allylic oxidation sites excluding steroid dienone is 2. The largest absolute Gasteiger partial charge is 0.325 e. The summed E-state index contributed by atoms with van der Waals surface area (Å²) in [6, 6.07) is 14.8. The van der Waals surface area contributed by atoms with Crippen molar-refractivity contribution < 1.29 is 9.59 Å². The van der Waals surface area contributed by atoms with Gasteiger partial charge in [0, 0.05) is 13.0 Å². The average Bonchev–Trinajstić information content (AvgIpc) is 2.98. The predicted octanol–water partition coefficient (Wildman–Crippen LogP) is 5.78. The number of thiocarbonyl (C=S) groups is 1. The van der Waals surface area contributed by atoms with E-state index in [0.29, 0.717) is 19.9 Å². The first-order valence-electron chi connectivity index (χ1n) is 8.66. The van der Waals surface area contributed by atoms with Crippen LogP contribution in [-0.4, -0.2) is 27.6 Å². The maximum Gasteiger partial charge on any atom is 0.266 e. The molecule has 0 spiro atoms. The van der Waals surface area contributed by atoms with Crippen LogP contribution in [0.1, 0.15) is 12.0 Å². The van der Waals surface area contributed by atoms with E-state index in [1.165, 1.54) is 16.7 Å². The van der Waals surface area contributed by atoms with E-state index >= 15 is 0 Å². The summed E-state index contributed by atoms with van der Waals surface area (Å²) in [5.41, 5.74) is 1.47. The first kappa shape index (κ1) is 21.6. The lowest BCUT2D eigenvalue weighted by atomic mass is 10.2. The third-order valence-corrected chi connectivity index (χ3v) is 6.21. The van der Waals surface area contributed by atoms with Gasteiger partial charge in [0.1, 0.15) is 4.32 Å². The molecule has 2 aromatic rings. The minimum absolute atomic E-state index is 0.0857. The second-order valence-electron chi connectivity index (χ2n) is 6.03. The number of halogens is 2. The predicted molar refractivity (Wildman–Crippen MR) is 125 cm³/mol. The molecular formula is C21H16Cl2N2O2S2. The molecule has 0 saturated carbocycles. The Morgan fingerprint density at radius 1 is 1.14 bits per heavy atom. The van der Waals surface area contributed by atoms with Crippen LogP contribution in [0, 0.1) is 0 Å². The van der Waals surface area contributed by atoms with E-state index in [2.05, 4.69) is 5.32 Å². The number of rotatable bonds is 6. The molecule has 2 amide bonds. The molecule has 1 N–H and O–H groups in total. The Balaban J connectivity index is 1.57. The second kappa shape index (κ2) is 10.1. The number of carbonyl (C=O) groups is 2. The number of nitrogens with one attached hydrogen (secondary N) is 1. The molecular weight excluding hydrogens is 447 g/mol. The van der Waals surface area contributed by atoms with E-state index in [9.17, 15) is 9.59 Å². The zero-order chi connectivity index (χ0) is 20.8. The molecule has 1 saturated heterocycles. The van der Waals surface area contributed by atoms with Crippen molar-refractivity contribution in [3.63, 3.8) is 0 Å². The standard InChI is InChI=1S/C21H16Cl2N2O2S2/c22-15-9-5-10-16(19(15)23)24-18(26)12-13-25-20(27)17(29-21(25)28)11-4-8-14-6-2-1-3-7-14/h1-11H,12-13H2,(H,24,26). The van der Waals surface area contributed by atoms with Crippen molar-refractivity contribution in [2.24, 2.45) is 0 Å². The Morgan fingerprint density at radius 2 is 1.90 bits per heavy atom. The fraction of sp³-hybridized carbons (Fsp3) is 0.0952. The summed E-state index contributed by atoms with van der Waals surface area (Å²) < 4.78 is 0.433. The molecule has 4 nitrogen and oxygen atoms in total. The summed E-state index contributed by atoms with van der Waals surface area (Å²) in [6.45, 7) is 0.189. The van der Waals surface area contributed by atoms with Gasteiger partial charge in [-0.15, -0.1) is 0 Å². The molecule has 0 radical (unpaired) electrons. The molecule has 1 aliphatic heterocycles. The first-order valence-corrected chi connectivity index (χ1v) is 10.6. The summed E-state index contributed by atoms with van der Waals surface area (Å²) in [6.07, 6.45) is 5.55. The third kappa shape index (κ3) is 5.70. The Morgan fingerprint density at radius 3 is 2.66 bits per heavy atom. The number of thioether (sulfide) groups is 1. The summed E-state index contributed by atoms with van der Waals surface area (Å²) in [4.78, 5) is 26.8. The molecule has 148 valence electrons. The molecule has 0 aliphatic carbocycles. The molecule has 1 aliphatic rings. The van der Waals surface area contributed by atoms with Crippen LogP contribution in [0.5, 0.6) is 0 Å². The highest BCUT2D eigenvalue weighted by molar-refractivity contribution is 8.26. The maximum absolute atomic E-state index is 12.6. The number of anilines is 1. The Kier molecular flexibility index (Phi) is 7.50. The highest BCUT2D eigenvalue weighted by atomic mass is 35.5. The third-order valence-electron chi connectivity index (χ3n) is 4.00. The van der Waals surface area contributed by atoms with Gasteiger partial charge in [-0.25, -0.2) is 0 Å². The van der Waals surface area contributed by atoms with Gasteiger partial charge in [0.05, 0.1) is 20.6 Å². The zero-order valence-corrected chi connectivity index (χ0v) is 18.2. The molecule has 0 aromatic heterocycles. The second-order valence-corrected chi connectivity index (χ2v) is 8.49. The molecule has 0 atom stereocenters. The van der Waals surface area contributed by atoms with E-state index in [1.807, 2.05) is 42.5 Å². The van der Waals surface area contributed by atoms with E-state index < -0.39 is 0 Å². The first-order chi connectivity index (χ1) is 14.0. The Labute approximate surface area is 188 Å². The van der Waals surface area contributed by atoms with Crippen molar-refractivity contribution in [1.29, 1.82) is 0 Å². The molecule has 3 rings (SSSR count). The van der Waals surface area contributed by atoms with Gasteiger partial charge in [-0.2, -0.15) is 0 Å². The lowest BCUT2D eigenvalue weighted by Crippen LogP contribution is -2.31. The van der Waals surface area contributed by atoms with Gasteiger partial charge in [0.2, 0.25) is 5.91 Å². The molecule has 0 bridgehead atoms. The molecule has 0 unspecified atom stereocenters. The highest BCUT2D eigenvalue weighted by Crippen LogP contribution is 2.32. The topological polar surface area (TPSA) is 49.4 Å². The minimum atomic E-state index is -0.281. The number of carbonyl (C=O) groups excluding carboxylic acids is 2. The van der Waals surface area contributed by atoms with Crippen LogP contribution in [-0.2, 0) is 9.59 Å². The van der Waals surface area contributed by atoms with Crippen molar-refractivity contribution in [3.8, 4) is 0 Å². The zero-order valence-electron chi connectivity index (χ0n) is 15.1. The fourth-order valence-corrected chi connectivity index (χ4v) is 4.15. The highest BCUT2D eigenvalue weighted by Gasteiger charge is 2.31.